The molecule has 0 saturated heterocycles. The monoisotopic (exact) mass is 404 g/mol. The van der Waals surface area contributed by atoms with E-state index < -0.39 is 17.9 Å². The number of benzene rings is 3. The van der Waals surface area contributed by atoms with E-state index >= 15 is 0 Å². The number of methoxy groups -OCH3 is 1. The molecule has 6 nitrogen and oxygen atoms in total. The Bertz CT molecular complexity index is 937. The fraction of sp³-hybridized carbons (Fsp3) is 0.167. The minimum absolute atomic E-state index is 0.342. The quantitative estimate of drug-likeness (QED) is 0.592. The predicted molar refractivity (Wildman–Crippen MR) is 114 cm³/mol. The van der Waals surface area contributed by atoms with Crippen LogP contribution in [0.25, 0.3) is 0 Å². The Morgan fingerprint density at radius 3 is 1.70 bits per heavy atom. The van der Waals surface area contributed by atoms with E-state index in [1.165, 1.54) is 7.11 Å². The van der Waals surface area contributed by atoms with Crippen LogP contribution in [0.1, 0.15) is 24.0 Å². The third-order valence-electron chi connectivity index (χ3n) is 4.58. The van der Waals surface area contributed by atoms with Gasteiger partial charge in [0.05, 0.1) is 13.0 Å². The highest BCUT2D eigenvalue weighted by molar-refractivity contribution is 5.90. The van der Waals surface area contributed by atoms with Gasteiger partial charge in [-0.05, 0) is 30.2 Å². The van der Waals surface area contributed by atoms with Gasteiger partial charge in [-0.15, -0.1) is 0 Å². The van der Waals surface area contributed by atoms with E-state index in [-0.39, 0.29) is 5.91 Å². The van der Waals surface area contributed by atoms with Crippen LogP contribution in [0.2, 0.25) is 0 Å². The van der Waals surface area contributed by atoms with Gasteiger partial charge in [-0.3, -0.25) is 20.4 Å². The molecule has 0 aliphatic carbocycles. The van der Waals surface area contributed by atoms with E-state index in [0.717, 1.165) is 11.1 Å². The van der Waals surface area contributed by atoms with Crippen LogP contribution in [-0.4, -0.2) is 25.0 Å². The molecule has 0 aliphatic rings. The van der Waals surface area contributed by atoms with Gasteiger partial charge in [-0.1, -0.05) is 72.8 Å². The number of amides is 2. The minimum Gasteiger partial charge on any atom is -0.493 e. The smallest absolute Gasteiger partial charge is 0.279 e. The zero-order valence-corrected chi connectivity index (χ0v) is 16.9. The van der Waals surface area contributed by atoms with Gasteiger partial charge in [0, 0.05) is 0 Å². The van der Waals surface area contributed by atoms with Crippen molar-refractivity contribution in [3.8, 4) is 11.5 Å². The third-order valence-corrected chi connectivity index (χ3v) is 4.58. The molecule has 3 rings (SSSR count). The van der Waals surface area contributed by atoms with E-state index in [1.807, 2.05) is 66.7 Å². The highest BCUT2D eigenvalue weighted by atomic mass is 16.5. The van der Waals surface area contributed by atoms with Crippen LogP contribution in [0.5, 0.6) is 11.5 Å². The number of ether oxygens (including phenoxy) is 2. The van der Waals surface area contributed by atoms with Crippen molar-refractivity contribution in [2.45, 2.75) is 18.9 Å². The van der Waals surface area contributed by atoms with Crippen LogP contribution in [0.4, 0.5) is 0 Å². The Labute approximate surface area is 175 Å². The second-order valence-electron chi connectivity index (χ2n) is 6.64. The van der Waals surface area contributed by atoms with E-state index in [2.05, 4.69) is 10.9 Å². The number of nitrogens with one attached hydrogen (secondary N) is 2. The standard InChI is InChI=1S/C24H24N2O4/c1-17(30-21-16-10-9-15-20(21)29-2)23(27)25-26-24(28)22(18-11-5-3-6-12-18)19-13-7-4-8-14-19/h3-17,22H,1-2H3,(H,25,27)(H,26,28). The minimum atomic E-state index is -0.839. The maximum Gasteiger partial charge on any atom is 0.279 e. The number of hydrogen-bond donors (Lipinski definition) is 2. The summed E-state index contributed by atoms with van der Waals surface area (Å²) in [6, 6.07) is 25.9. The van der Waals surface area contributed by atoms with Crippen LogP contribution in [0, 0.1) is 0 Å². The first kappa shape index (κ1) is 20.9. The molecule has 3 aromatic rings. The maximum atomic E-state index is 12.9. The van der Waals surface area contributed by atoms with Gasteiger partial charge in [0.1, 0.15) is 0 Å². The molecule has 0 saturated carbocycles. The SMILES string of the molecule is COc1ccccc1OC(C)C(=O)NNC(=O)C(c1ccccc1)c1ccccc1. The largest absolute Gasteiger partial charge is 0.493 e. The van der Waals surface area contributed by atoms with Crippen LogP contribution >= 0.6 is 0 Å². The molecular weight excluding hydrogens is 380 g/mol. The molecule has 0 aliphatic heterocycles. The van der Waals surface area contributed by atoms with Crippen molar-refractivity contribution in [3.63, 3.8) is 0 Å². The van der Waals surface area contributed by atoms with E-state index in [0.29, 0.717) is 11.5 Å². The van der Waals surface area contributed by atoms with Gasteiger partial charge in [0.15, 0.2) is 17.6 Å². The summed E-state index contributed by atoms with van der Waals surface area (Å²) in [6.45, 7) is 1.60. The molecule has 154 valence electrons. The molecular formula is C24H24N2O4. The summed E-state index contributed by atoms with van der Waals surface area (Å²) >= 11 is 0. The molecule has 6 heteroatoms. The number of hydrazine groups is 1. The van der Waals surface area contributed by atoms with E-state index in [4.69, 9.17) is 9.47 Å². The topological polar surface area (TPSA) is 76.7 Å². The molecule has 0 spiro atoms. The first-order chi connectivity index (χ1) is 14.6. The summed E-state index contributed by atoms with van der Waals surface area (Å²) in [5.41, 5.74) is 6.64. The average Bonchev–Trinajstić information content (AvgIpc) is 2.79. The van der Waals surface area contributed by atoms with Crippen molar-refractivity contribution in [1.82, 2.24) is 10.9 Å². The highest BCUT2D eigenvalue weighted by Gasteiger charge is 2.24. The van der Waals surface area contributed by atoms with Crippen LogP contribution in [0.15, 0.2) is 84.9 Å². The van der Waals surface area contributed by atoms with Crippen LogP contribution in [0.3, 0.4) is 0 Å². The Morgan fingerprint density at radius 2 is 1.17 bits per heavy atom. The van der Waals surface area contributed by atoms with E-state index in [1.54, 1.807) is 25.1 Å². The van der Waals surface area contributed by atoms with Crippen molar-refractivity contribution >= 4 is 11.8 Å². The highest BCUT2D eigenvalue weighted by Crippen LogP contribution is 2.27. The molecule has 30 heavy (non-hydrogen) atoms. The van der Waals surface area contributed by atoms with Crippen LogP contribution in [-0.2, 0) is 9.59 Å². The molecule has 3 aromatic carbocycles. The predicted octanol–water partition coefficient (Wildman–Crippen LogP) is 3.44. The molecule has 2 N–H and O–H groups in total. The summed E-state index contributed by atoms with van der Waals surface area (Å²) in [6.07, 6.45) is -0.839. The Morgan fingerprint density at radius 1 is 0.700 bits per heavy atom. The molecule has 0 bridgehead atoms. The number of hydrogen-bond acceptors (Lipinski definition) is 4. The van der Waals surface area contributed by atoms with Gasteiger partial charge >= 0.3 is 0 Å². The number of rotatable bonds is 7. The van der Waals surface area contributed by atoms with Crippen molar-refractivity contribution in [2.24, 2.45) is 0 Å². The lowest BCUT2D eigenvalue weighted by molar-refractivity contribution is -0.133. The Balaban J connectivity index is 1.67. The average molecular weight is 404 g/mol. The second-order valence-corrected chi connectivity index (χ2v) is 6.64. The number of carbonyl (C=O) groups is 2. The fourth-order valence-electron chi connectivity index (χ4n) is 3.04. The molecule has 0 fully saturated rings. The second kappa shape index (κ2) is 10.1. The zero-order valence-electron chi connectivity index (χ0n) is 16.9. The van der Waals surface area contributed by atoms with Gasteiger partial charge in [0.25, 0.3) is 5.91 Å². The number of carbonyl (C=O) groups excluding carboxylic acids is 2. The summed E-state index contributed by atoms with van der Waals surface area (Å²) in [5, 5.41) is 0. The summed E-state index contributed by atoms with van der Waals surface area (Å²) < 4.78 is 10.9. The first-order valence-corrected chi connectivity index (χ1v) is 9.59. The molecule has 1 unspecified atom stereocenters. The fourth-order valence-corrected chi connectivity index (χ4v) is 3.04. The van der Waals surface area contributed by atoms with E-state index in [9.17, 15) is 9.59 Å². The lowest BCUT2D eigenvalue weighted by Gasteiger charge is -2.20. The van der Waals surface area contributed by atoms with Gasteiger partial charge in [0.2, 0.25) is 5.91 Å². The molecule has 0 radical (unpaired) electrons. The van der Waals surface area contributed by atoms with Crippen molar-refractivity contribution in [3.05, 3.63) is 96.1 Å². The summed E-state index contributed by atoms with van der Waals surface area (Å²) in [7, 11) is 1.53. The number of para-hydroxylation sites is 2. The van der Waals surface area contributed by atoms with Crippen LogP contribution < -0.4 is 20.3 Å². The van der Waals surface area contributed by atoms with Crippen molar-refractivity contribution in [2.75, 3.05) is 7.11 Å². The summed E-state index contributed by atoms with van der Waals surface area (Å²) in [5.74, 6) is -0.410. The first-order valence-electron chi connectivity index (χ1n) is 9.59. The normalized spacial score (nSPS) is 11.4. The third kappa shape index (κ3) is 5.17. The molecule has 2 amide bonds. The van der Waals surface area contributed by atoms with Gasteiger partial charge in [-0.2, -0.15) is 0 Å². The van der Waals surface area contributed by atoms with Crippen molar-refractivity contribution < 1.29 is 19.1 Å². The lowest BCUT2D eigenvalue weighted by atomic mass is 9.91. The Hall–Kier alpha value is -3.80. The zero-order chi connectivity index (χ0) is 21.3. The lowest BCUT2D eigenvalue weighted by Crippen LogP contribution is -2.48. The molecule has 0 heterocycles. The molecule has 0 aromatic heterocycles. The summed E-state index contributed by atoms with van der Waals surface area (Å²) in [4.78, 5) is 25.4. The van der Waals surface area contributed by atoms with Crippen molar-refractivity contribution in [1.29, 1.82) is 0 Å². The Kier molecular flexibility index (Phi) is 7.05. The van der Waals surface area contributed by atoms with Gasteiger partial charge in [-0.25, -0.2) is 0 Å². The van der Waals surface area contributed by atoms with Gasteiger partial charge < -0.3 is 9.47 Å². The molecule has 1 atom stereocenters. The maximum absolute atomic E-state index is 12.9.